The molecule has 1 atom stereocenters. The van der Waals surface area contributed by atoms with Gasteiger partial charge < -0.3 is 20.1 Å². The van der Waals surface area contributed by atoms with Gasteiger partial charge in [-0.25, -0.2) is 0 Å². The van der Waals surface area contributed by atoms with Crippen LogP contribution >= 0.6 is 11.6 Å². The maximum absolute atomic E-state index is 11.9. The van der Waals surface area contributed by atoms with E-state index in [0.29, 0.717) is 30.5 Å². The average Bonchev–Trinajstić information content (AvgIpc) is 2.46. The van der Waals surface area contributed by atoms with E-state index in [9.17, 15) is 4.79 Å². The number of nitrogens with one attached hydrogen (secondary N) is 2. The Balaban J connectivity index is 2.68. The molecule has 1 aromatic carbocycles. The summed E-state index contributed by atoms with van der Waals surface area (Å²) in [7, 11) is 1.59. The van der Waals surface area contributed by atoms with Crippen LogP contribution in [0.25, 0.3) is 0 Å². The molecule has 0 saturated carbocycles. The number of methoxy groups -OCH3 is 1. The fourth-order valence-corrected chi connectivity index (χ4v) is 1.97. The van der Waals surface area contributed by atoms with Gasteiger partial charge in [0, 0.05) is 30.8 Å². The van der Waals surface area contributed by atoms with Crippen molar-refractivity contribution < 1.29 is 14.3 Å². The Bertz CT molecular complexity index is 455. The van der Waals surface area contributed by atoms with Crippen LogP contribution in [0.1, 0.15) is 19.4 Å². The Morgan fingerprint density at radius 1 is 1.43 bits per heavy atom. The standard InChI is InChI=1S/C15H23ClN2O3/c1-4-17-10-12-13(16)6-5-7-14(12)21-11(2)15(19)18-8-9-20-3/h5-7,11,17H,4,8-10H2,1-3H3,(H,18,19). The predicted octanol–water partition coefficient (Wildman–Crippen LogP) is 1.98. The first-order valence-electron chi connectivity index (χ1n) is 7.01. The lowest BCUT2D eigenvalue weighted by Gasteiger charge is -2.18. The van der Waals surface area contributed by atoms with Crippen molar-refractivity contribution >= 4 is 17.5 Å². The molecule has 6 heteroatoms. The van der Waals surface area contributed by atoms with Gasteiger partial charge in [0.2, 0.25) is 0 Å². The second-order valence-electron chi connectivity index (χ2n) is 4.54. The van der Waals surface area contributed by atoms with Crippen molar-refractivity contribution in [3.05, 3.63) is 28.8 Å². The van der Waals surface area contributed by atoms with Crippen molar-refractivity contribution in [1.29, 1.82) is 0 Å². The molecule has 0 saturated heterocycles. The summed E-state index contributed by atoms with van der Waals surface area (Å²) >= 11 is 6.19. The summed E-state index contributed by atoms with van der Waals surface area (Å²) in [6, 6.07) is 5.44. The van der Waals surface area contributed by atoms with Crippen LogP contribution < -0.4 is 15.4 Å². The zero-order chi connectivity index (χ0) is 15.7. The molecule has 5 nitrogen and oxygen atoms in total. The minimum Gasteiger partial charge on any atom is -0.481 e. The maximum atomic E-state index is 11.9. The number of carbonyl (C=O) groups is 1. The summed E-state index contributed by atoms with van der Waals surface area (Å²) in [4.78, 5) is 11.9. The Morgan fingerprint density at radius 3 is 2.86 bits per heavy atom. The van der Waals surface area contributed by atoms with Gasteiger partial charge in [-0.3, -0.25) is 4.79 Å². The molecule has 1 amide bonds. The molecule has 118 valence electrons. The van der Waals surface area contributed by atoms with Gasteiger partial charge in [-0.1, -0.05) is 24.6 Å². The number of amides is 1. The first-order chi connectivity index (χ1) is 10.1. The third kappa shape index (κ3) is 5.91. The summed E-state index contributed by atoms with van der Waals surface area (Å²) in [5.74, 6) is 0.444. The van der Waals surface area contributed by atoms with Gasteiger partial charge in [-0.05, 0) is 25.6 Å². The highest BCUT2D eigenvalue weighted by atomic mass is 35.5. The average molecular weight is 315 g/mol. The van der Waals surface area contributed by atoms with E-state index in [2.05, 4.69) is 10.6 Å². The number of benzene rings is 1. The fourth-order valence-electron chi connectivity index (χ4n) is 1.73. The monoisotopic (exact) mass is 314 g/mol. The van der Waals surface area contributed by atoms with Gasteiger partial charge in [0.1, 0.15) is 5.75 Å². The normalized spacial score (nSPS) is 12.0. The summed E-state index contributed by atoms with van der Waals surface area (Å²) in [5, 5.41) is 6.58. The molecule has 0 heterocycles. The van der Waals surface area contributed by atoms with E-state index in [0.717, 1.165) is 12.1 Å². The van der Waals surface area contributed by atoms with Crippen LogP contribution in [0.5, 0.6) is 5.75 Å². The highest BCUT2D eigenvalue weighted by molar-refractivity contribution is 6.31. The van der Waals surface area contributed by atoms with Gasteiger partial charge in [-0.2, -0.15) is 0 Å². The largest absolute Gasteiger partial charge is 0.481 e. The van der Waals surface area contributed by atoms with Crippen LogP contribution in [0.2, 0.25) is 5.02 Å². The summed E-state index contributed by atoms with van der Waals surface area (Å²) in [6.45, 7) is 6.09. The number of halogens is 1. The van der Waals surface area contributed by atoms with E-state index < -0.39 is 6.10 Å². The maximum Gasteiger partial charge on any atom is 0.260 e. The van der Waals surface area contributed by atoms with Crippen molar-refractivity contribution in [2.45, 2.75) is 26.5 Å². The molecule has 1 unspecified atom stereocenters. The zero-order valence-electron chi connectivity index (χ0n) is 12.7. The molecule has 1 aromatic rings. The second-order valence-corrected chi connectivity index (χ2v) is 4.95. The SMILES string of the molecule is CCNCc1c(Cl)cccc1OC(C)C(=O)NCCOC. The molecule has 0 radical (unpaired) electrons. The third-order valence-corrected chi connectivity index (χ3v) is 3.26. The molecule has 0 aliphatic carbocycles. The molecule has 0 spiro atoms. The number of hydrogen-bond acceptors (Lipinski definition) is 4. The molecule has 0 aliphatic heterocycles. The van der Waals surface area contributed by atoms with E-state index in [-0.39, 0.29) is 5.91 Å². The molecule has 0 aliphatic rings. The van der Waals surface area contributed by atoms with Crippen molar-refractivity contribution in [2.24, 2.45) is 0 Å². The lowest BCUT2D eigenvalue weighted by atomic mass is 10.2. The third-order valence-electron chi connectivity index (χ3n) is 2.91. The lowest BCUT2D eigenvalue weighted by Crippen LogP contribution is -2.38. The predicted molar refractivity (Wildman–Crippen MR) is 83.8 cm³/mol. The van der Waals surface area contributed by atoms with Crippen molar-refractivity contribution in [1.82, 2.24) is 10.6 Å². The van der Waals surface area contributed by atoms with Crippen LogP contribution in [0, 0.1) is 0 Å². The number of carbonyl (C=O) groups excluding carboxylic acids is 1. The molecule has 1 rings (SSSR count). The minimum absolute atomic E-state index is 0.179. The van der Waals surface area contributed by atoms with Gasteiger partial charge in [0.15, 0.2) is 6.10 Å². The van der Waals surface area contributed by atoms with Crippen molar-refractivity contribution in [2.75, 3.05) is 26.8 Å². The van der Waals surface area contributed by atoms with Gasteiger partial charge in [0.25, 0.3) is 5.91 Å². The Labute approximate surface area is 131 Å². The topological polar surface area (TPSA) is 59.6 Å². The van der Waals surface area contributed by atoms with Gasteiger partial charge in [-0.15, -0.1) is 0 Å². The van der Waals surface area contributed by atoms with Crippen LogP contribution in [0.15, 0.2) is 18.2 Å². The quantitative estimate of drug-likeness (QED) is 0.684. The van der Waals surface area contributed by atoms with Crippen molar-refractivity contribution in [3.8, 4) is 5.75 Å². The highest BCUT2D eigenvalue weighted by Gasteiger charge is 2.17. The first-order valence-corrected chi connectivity index (χ1v) is 7.39. The first kappa shape index (κ1) is 17.8. The lowest BCUT2D eigenvalue weighted by molar-refractivity contribution is -0.127. The molecule has 21 heavy (non-hydrogen) atoms. The second kappa shape index (κ2) is 9.60. The number of ether oxygens (including phenoxy) is 2. The van der Waals surface area contributed by atoms with E-state index in [4.69, 9.17) is 21.1 Å². The molecule has 0 fully saturated rings. The van der Waals surface area contributed by atoms with Crippen LogP contribution in [0.4, 0.5) is 0 Å². The summed E-state index contributed by atoms with van der Waals surface area (Å²) in [6.07, 6.45) is -0.597. The Morgan fingerprint density at radius 2 is 2.19 bits per heavy atom. The number of hydrogen-bond donors (Lipinski definition) is 2. The highest BCUT2D eigenvalue weighted by Crippen LogP contribution is 2.27. The van der Waals surface area contributed by atoms with Crippen LogP contribution in [0.3, 0.4) is 0 Å². The van der Waals surface area contributed by atoms with Gasteiger partial charge in [0.05, 0.1) is 6.61 Å². The van der Waals surface area contributed by atoms with E-state index in [1.807, 2.05) is 25.1 Å². The Kier molecular flexibility index (Phi) is 8.12. The van der Waals surface area contributed by atoms with Crippen molar-refractivity contribution in [3.63, 3.8) is 0 Å². The molecular weight excluding hydrogens is 292 g/mol. The van der Waals surface area contributed by atoms with Crippen LogP contribution in [-0.4, -0.2) is 38.8 Å². The van der Waals surface area contributed by atoms with E-state index in [1.54, 1.807) is 14.0 Å². The van der Waals surface area contributed by atoms with E-state index in [1.165, 1.54) is 0 Å². The minimum atomic E-state index is -0.597. The summed E-state index contributed by atoms with van der Waals surface area (Å²) < 4.78 is 10.6. The van der Waals surface area contributed by atoms with E-state index >= 15 is 0 Å². The smallest absolute Gasteiger partial charge is 0.260 e. The zero-order valence-corrected chi connectivity index (χ0v) is 13.5. The summed E-state index contributed by atoms with van der Waals surface area (Å²) in [5.41, 5.74) is 0.859. The molecular formula is C15H23ClN2O3. The molecule has 2 N–H and O–H groups in total. The Hall–Kier alpha value is -1.30. The molecule has 0 bridgehead atoms. The van der Waals surface area contributed by atoms with Gasteiger partial charge >= 0.3 is 0 Å². The molecule has 0 aromatic heterocycles. The number of rotatable bonds is 9. The fraction of sp³-hybridized carbons (Fsp3) is 0.533. The van der Waals surface area contributed by atoms with Crippen LogP contribution in [-0.2, 0) is 16.1 Å².